The lowest BCUT2D eigenvalue weighted by Crippen LogP contribution is -2.00. The predicted octanol–water partition coefficient (Wildman–Crippen LogP) is 2.29. The molecule has 0 spiro atoms. The molecule has 76 valence electrons. The molecule has 2 N–H and O–H groups in total. The van der Waals surface area contributed by atoms with Crippen LogP contribution in [0.3, 0.4) is 0 Å². The van der Waals surface area contributed by atoms with Gasteiger partial charge in [0.15, 0.2) is 0 Å². The van der Waals surface area contributed by atoms with Crippen molar-refractivity contribution >= 4 is 5.82 Å². The third-order valence-electron chi connectivity index (χ3n) is 2.36. The van der Waals surface area contributed by atoms with Crippen molar-refractivity contribution in [1.29, 1.82) is 0 Å². The largest absolute Gasteiger partial charge is 0.382 e. The van der Waals surface area contributed by atoms with Crippen molar-refractivity contribution in [2.45, 2.75) is 13.3 Å². The first-order chi connectivity index (χ1) is 7.31. The summed E-state index contributed by atoms with van der Waals surface area (Å²) < 4.78 is 0. The quantitative estimate of drug-likeness (QED) is 0.807. The Kier molecular flexibility index (Phi) is 2.63. The Morgan fingerprint density at radius 3 is 2.53 bits per heavy atom. The summed E-state index contributed by atoms with van der Waals surface area (Å²) in [4.78, 5) is 0. The highest BCUT2D eigenvalue weighted by atomic mass is 15.1. The van der Waals surface area contributed by atoms with Crippen LogP contribution in [0.5, 0.6) is 0 Å². The highest BCUT2D eigenvalue weighted by Crippen LogP contribution is 2.19. The third-order valence-corrected chi connectivity index (χ3v) is 2.36. The molecule has 1 aromatic carbocycles. The van der Waals surface area contributed by atoms with Crippen molar-refractivity contribution < 1.29 is 0 Å². The Balaban J connectivity index is 2.46. The van der Waals surface area contributed by atoms with Gasteiger partial charge in [0.25, 0.3) is 0 Å². The van der Waals surface area contributed by atoms with E-state index in [0.717, 1.165) is 23.2 Å². The number of hydrogen-bond acceptors (Lipinski definition) is 3. The second-order valence-electron chi connectivity index (χ2n) is 3.36. The van der Waals surface area contributed by atoms with Crippen LogP contribution in [0.2, 0.25) is 0 Å². The molecule has 0 fully saturated rings. The molecule has 0 aliphatic carbocycles. The van der Waals surface area contributed by atoms with Crippen LogP contribution in [0, 0.1) is 0 Å². The number of nitrogens with zero attached hydrogens (tertiary/aromatic N) is 2. The normalized spacial score (nSPS) is 10.2. The molecule has 2 rings (SSSR count). The lowest BCUT2D eigenvalue weighted by Gasteiger charge is -2.04. The van der Waals surface area contributed by atoms with Gasteiger partial charge in [-0.05, 0) is 18.1 Å². The molecule has 0 bridgehead atoms. The topological polar surface area (TPSA) is 51.8 Å². The van der Waals surface area contributed by atoms with E-state index in [-0.39, 0.29) is 0 Å². The Hall–Kier alpha value is -1.90. The van der Waals surface area contributed by atoms with Crippen LogP contribution in [0.25, 0.3) is 11.3 Å². The van der Waals surface area contributed by atoms with Crippen molar-refractivity contribution in [3.63, 3.8) is 0 Å². The molecule has 0 aliphatic heterocycles. The Morgan fingerprint density at radius 1 is 1.13 bits per heavy atom. The van der Waals surface area contributed by atoms with E-state index in [1.54, 1.807) is 0 Å². The average molecular weight is 199 g/mol. The molecule has 0 atom stereocenters. The zero-order valence-electron chi connectivity index (χ0n) is 8.64. The zero-order valence-corrected chi connectivity index (χ0v) is 8.64. The maximum atomic E-state index is 5.70. The van der Waals surface area contributed by atoms with Crippen LogP contribution in [0.1, 0.15) is 12.5 Å². The zero-order chi connectivity index (χ0) is 10.7. The maximum absolute atomic E-state index is 5.70. The van der Waals surface area contributed by atoms with Gasteiger partial charge in [-0.25, -0.2) is 0 Å². The molecule has 0 unspecified atom stereocenters. The summed E-state index contributed by atoms with van der Waals surface area (Å²) in [5.41, 5.74) is 8.70. The second-order valence-corrected chi connectivity index (χ2v) is 3.36. The minimum absolute atomic E-state index is 0.525. The molecule has 0 saturated carbocycles. The summed E-state index contributed by atoms with van der Waals surface area (Å²) >= 11 is 0. The van der Waals surface area contributed by atoms with Crippen LogP contribution in [0.4, 0.5) is 5.82 Å². The molecule has 0 amide bonds. The van der Waals surface area contributed by atoms with Crippen LogP contribution in [-0.4, -0.2) is 10.2 Å². The number of nitrogens with two attached hydrogens (primary N) is 1. The summed E-state index contributed by atoms with van der Waals surface area (Å²) in [7, 11) is 0. The van der Waals surface area contributed by atoms with Gasteiger partial charge in [0.1, 0.15) is 5.82 Å². The van der Waals surface area contributed by atoms with Crippen LogP contribution in [-0.2, 0) is 6.42 Å². The van der Waals surface area contributed by atoms with Gasteiger partial charge in [-0.3, -0.25) is 0 Å². The number of anilines is 1. The van der Waals surface area contributed by atoms with E-state index >= 15 is 0 Å². The van der Waals surface area contributed by atoms with E-state index in [1.807, 2.05) is 36.4 Å². The molecule has 1 aromatic heterocycles. The molecule has 2 aromatic rings. The predicted molar refractivity (Wildman–Crippen MR) is 61.3 cm³/mol. The fourth-order valence-electron chi connectivity index (χ4n) is 1.47. The maximum Gasteiger partial charge on any atom is 0.149 e. The minimum Gasteiger partial charge on any atom is -0.382 e. The Bertz CT molecular complexity index is 452. The van der Waals surface area contributed by atoms with Gasteiger partial charge in [0.2, 0.25) is 0 Å². The standard InChI is InChI=1S/C12H13N3/c1-2-9-8-11(14-15-12(9)13)10-6-4-3-5-7-10/h3-8H,2H2,1H3,(H2,13,15). The van der Waals surface area contributed by atoms with Crippen molar-refractivity contribution in [3.8, 4) is 11.3 Å². The van der Waals surface area contributed by atoms with Gasteiger partial charge >= 0.3 is 0 Å². The molecule has 1 heterocycles. The van der Waals surface area contributed by atoms with E-state index in [2.05, 4.69) is 17.1 Å². The smallest absolute Gasteiger partial charge is 0.149 e. The fraction of sp³-hybridized carbons (Fsp3) is 0.167. The molecule has 15 heavy (non-hydrogen) atoms. The Morgan fingerprint density at radius 2 is 1.87 bits per heavy atom. The summed E-state index contributed by atoms with van der Waals surface area (Å²) in [6.45, 7) is 2.06. The monoisotopic (exact) mass is 199 g/mol. The van der Waals surface area contributed by atoms with Gasteiger partial charge in [0.05, 0.1) is 5.69 Å². The molecule has 0 radical (unpaired) electrons. The fourth-order valence-corrected chi connectivity index (χ4v) is 1.47. The number of rotatable bonds is 2. The van der Waals surface area contributed by atoms with Crippen molar-refractivity contribution in [2.24, 2.45) is 0 Å². The number of aryl methyl sites for hydroxylation is 1. The molecule has 0 saturated heterocycles. The van der Waals surface area contributed by atoms with Crippen LogP contribution in [0.15, 0.2) is 36.4 Å². The lowest BCUT2D eigenvalue weighted by molar-refractivity contribution is 1.00. The molecular formula is C12H13N3. The minimum atomic E-state index is 0.525. The van der Waals surface area contributed by atoms with E-state index < -0.39 is 0 Å². The van der Waals surface area contributed by atoms with Gasteiger partial charge in [-0.2, -0.15) is 0 Å². The van der Waals surface area contributed by atoms with E-state index in [4.69, 9.17) is 5.73 Å². The summed E-state index contributed by atoms with van der Waals surface area (Å²) in [6.07, 6.45) is 0.876. The molecule has 3 nitrogen and oxygen atoms in total. The van der Waals surface area contributed by atoms with E-state index in [1.165, 1.54) is 0 Å². The van der Waals surface area contributed by atoms with Crippen molar-refractivity contribution in [2.75, 3.05) is 5.73 Å². The number of aromatic nitrogens is 2. The van der Waals surface area contributed by atoms with Gasteiger partial charge in [-0.15, -0.1) is 10.2 Å². The van der Waals surface area contributed by atoms with Gasteiger partial charge < -0.3 is 5.73 Å². The highest BCUT2D eigenvalue weighted by molar-refractivity contribution is 5.60. The molecular weight excluding hydrogens is 186 g/mol. The number of benzene rings is 1. The van der Waals surface area contributed by atoms with Crippen molar-refractivity contribution in [3.05, 3.63) is 42.0 Å². The van der Waals surface area contributed by atoms with E-state index in [0.29, 0.717) is 5.82 Å². The summed E-state index contributed by atoms with van der Waals surface area (Å²) in [5, 5.41) is 8.04. The summed E-state index contributed by atoms with van der Waals surface area (Å²) in [5.74, 6) is 0.525. The number of hydrogen-bond donors (Lipinski definition) is 1. The first-order valence-corrected chi connectivity index (χ1v) is 4.98. The van der Waals surface area contributed by atoms with E-state index in [9.17, 15) is 0 Å². The molecule has 0 aliphatic rings. The number of nitrogen functional groups attached to an aromatic ring is 1. The first-order valence-electron chi connectivity index (χ1n) is 4.98. The Labute approximate surface area is 89.0 Å². The average Bonchev–Trinajstić information content (AvgIpc) is 2.31. The van der Waals surface area contributed by atoms with Gasteiger partial charge in [0, 0.05) is 5.56 Å². The second kappa shape index (κ2) is 4.09. The summed E-state index contributed by atoms with van der Waals surface area (Å²) in [6, 6.07) is 12.0. The van der Waals surface area contributed by atoms with Crippen LogP contribution >= 0.6 is 0 Å². The SMILES string of the molecule is CCc1cc(-c2ccccc2)nnc1N. The third kappa shape index (κ3) is 1.96. The van der Waals surface area contributed by atoms with Gasteiger partial charge in [-0.1, -0.05) is 37.3 Å². The molecule has 3 heteroatoms. The first kappa shape index (κ1) is 9.65. The lowest BCUT2D eigenvalue weighted by atomic mass is 10.1. The van der Waals surface area contributed by atoms with Crippen LogP contribution < -0.4 is 5.73 Å². The highest BCUT2D eigenvalue weighted by Gasteiger charge is 2.03. The van der Waals surface area contributed by atoms with Crippen molar-refractivity contribution in [1.82, 2.24) is 10.2 Å².